The van der Waals surface area contributed by atoms with Gasteiger partial charge in [-0.1, -0.05) is 6.07 Å². The number of ether oxygens (including phenoxy) is 1. The Balaban J connectivity index is 1.58. The van der Waals surface area contributed by atoms with Gasteiger partial charge in [0, 0.05) is 32.6 Å². The number of aryl methyl sites for hydroxylation is 1. The molecule has 10 heteroatoms. The summed E-state index contributed by atoms with van der Waals surface area (Å²) in [7, 11) is 1.60. The zero-order valence-corrected chi connectivity index (χ0v) is 17.0. The number of aliphatic hydroxyl groups excluding tert-OH is 1. The maximum atomic E-state index is 12.9. The van der Waals surface area contributed by atoms with Crippen LogP contribution >= 0.6 is 0 Å². The molecule has 0 radical (unpaired) electrons. The maximum Gasteiger partial charge on any atom is 0.416 e. The minimum Gasteiger partial charge on any atom is -0.488 e. The number of aliphatic hydroxyl groups is 1. The van der Waals surface area contributed by atoms with Crippen LogP contribution in [0.3, 0.4) is 0 Å². The third-order valence-electron chi connectivity index (χ3n) is 5.49. The maximum absolute atomic E-state index is 12.9. The molecule has 1 aromatic carbocycles. The zero-order valence-electron chi connectivity index (χ0n) is 17.0. The van der Waals surface area contributed by atoms with Crippen molar-refractivity contribution in [1.29, 1.82) is 5.26 Å². The molecule has 1 saturated heterocycles. The predicted molar refractivity (Wildman–Crippen MR) is 110 cm³/mol. The van der Waals surface area contributed by atoms with Gasteiger partial charge in [-0.25, -0.2) is 4.98 Å². The number of pyridine rings is 2. The van der Waals surface area contributed by atoms with Crippen LogP contribution in [-0.2, 0) is 13.2 Å². The number of halogens is 3. The number of nitrogens with zero attached hydrogens (tertiary/aromatic N) is 4. The van der Waals surface area contributed by atoms with Crippen molar-refractivity contribution in [3.8, 4) is 11.8 Å². The van der Waals surface area contributed by atoms with E-state index >= 15 is 0 Å². The van der Waals surface area contributed by atoms with Gasteiger partial charge >= 0.3 is 6.18 Å². The van der Waals surface area contributed by atoms with Crippen LogP contribution in [-0.4, -0.2) is 40.0 Å². The topological polar surface area (TPSA) is 91.4 Å². The minimum atomic E-state index is -4.49. The van der Waals surface area contributed by atoms with Crippen molar-refractivity contribution in [2.45, 2.75) is 24.8 Å². The number of alkyl halides is 3. The van der Waals surface area contributed by atoms with Crippen LogP contribution in [0.5, 0.6) is 5.75 Å². The van der Waals surface area contributed by atoms with E-state index in [2.05, 4.69) is 4.98 Å². The fourth-order valence-corrected chi connectivity index (χ4v) is 3.80. The van der Waals surface area contributed by atoms with Gasteiger partial charge in [0.25, 0.3) is 5.56 Å². The van der Waals surface area contributed by atoms with E-state index in [0.717, 1.165) is 12.1 Å². The summed E-state index contributed by atoms with van der Waals surface area (Å²) in [5, 5.41) is 19.8. The Morgan fingerprint density at radius 3 is 2.72 bits per heavy atom. The van der Waals surface area contributed by atoms with Crippen molar-refractivity contribution >= 4 is 16.7 Å². The fourth-order valence-electron chi connectivity index (χ4n) is 3.80. The predicted octanol–water partition coefficient (Wildman–Crippen LogP) is 2.84. The van der Waals surface area contributed by atoms with Crippen LogP contribution in [0.2, 0.25) is 0 Å². The number of fused-ring (bicyclic) bond motifs is 1. The number of hydrogen-bond acceptors (Lipinski definition) is 6. The first-order valence-corrected chi connectivity index (χ1v) is 9.85. The Bertz CT molecular complexity index is 1270. The van der Waals surface area contributed by atoms with Crippen molar-refractivity contribution in [2.75, 3.05) is 18.0 Å². The summed E-state index contributed by atoms with van der Waals surface area (Å²) >= 11 is 0. The molecule has 1 fully saturated rings. The summed E-state index contributed by atoms with van der Waals surface area (Å²) in [6.07, 6.45) is -5.91. The molecular formula is C22H19F3N4O3. The lowest BCUT2D eigenvalue weighted by Gasteiger charge is -2.37. The van der Waals surface area contributed by atoms with E-state index in [1.54, 1.807) is 18.0 Å². The van der Waals surface area contributed by atoms with Crippen molar-refractivity contribution in [2.24, 2.45) is 7.05 Å². The molecule has 0 saturated carbocycles. The standard InChI is InChI=1S/C22H19F3N4O3/c1-28-16-6-5-14(11-26)27-21(16)17(10-20(28)31)29-8-7-19(18(30)12-29)32-15-4-2-3-13(9-15)22(23,24)25/h2-6,9-10,18-19,30H,7-8,12H2,1H3. The molecule has 7 nitrogen and oxygen atoms in total. The van der Waals surface area contributed by atoms with E-state index in [0.29, 0.717) is 29.7 Å². The molecule has 0 aliphatic carbocycles. The van der Waals surface area contributed by atoms with E-state index in [-0.39, 0.29) is 23.5 Å². The molecule has 1 aliphatic heterocycles. The number of hydrogen-bond donors (Lipinski definition) is 1. The van der Waals surface area contributed by atoms with E-state index in [1.807, 2.05) is 6.07 Å². The molecule has 2 aromatic heterocycles. The average Bonchev–Trinajstić information content (AvgIpc) is 2.77. The molecular weight excluding hydrogens is 425 g/mol. The highest BCUT2D eigenvalue weighted by Gasteiger charge is 2.33. The average molecular weight is 444 g/mol. The lowest BCUT2D eigenvalue weighted by molar-refractivity contribution is -0.137. The van der Waals surface area contributed by atoms with Crippen molar-refractivity contribution in [3.05, 3.63) is 64.1 Å². The van der Waals surface area contributed by atoms with E-state index in [4.69, 9.17) is 4.74 Å². The van der Waals surface area contributed by atoms with Crippen molar-refractivity contribution < 1.29 is 23.0 Å². The van der Waals surface area contributed by atoms with Gasteiger partial charge in [0.05, 0.1) is 16.8 Å². The van der Waals surface area contributed by atoms with E-state index in [9.17, 15) is 28.3 Å². The summed E-state index contributed by atoms with van der Waals surface area (Å²) < 4.78 is 45.9. The highest BCUT2D eigenvalue weighted by atomic mass is 19.4. The molecule has 1 N–H and O–H groups in total. The van der Waals surface area contributed by atoms with E-state index in [1.165, 1.54) is 28.8 Å². The number of nitriles is 1. The number of rotatable bonds is 3. The number of piperidine rings is 1. The Morgan fingerprint density at radius 1 is 1.25 bits per heavy atom. The first-order valence-electron chi connectivity index (χ1n) is 9.85. The second kappa shape index (κ2) is 8.16. The quantitative estimate of drug-likeness (QED) is 0.668. The molecule has 0 amide bonds. The Hall–Kier alpha value is -3.58. The molecule has 0 spiro atoms. The molecule has 32 heavy (non-hydrogen) atoms. The Labute approximate surface area is 180 Å². The fraction of sp³-hybridized carbons (Fsp3) is 0.318. The number of anilines is 1. The minimum absolute atomic E-state index is 0.0247. The van der Waals surface area contributed by atoms with Gasteiger partial charge in [-0.15, -0.1) is 0 Å². The molecule has 3 aromatic rings. The summed E-state index contributed by atoms with van der Waals surface area (Å²) in [5.41, 5.74) is 0.583. The second-order valence-electron chi connectivity index (χ2n) is 7.59. The lowest BCUT2D eigenvalue weighted by atomic mass is 10.0. The summed E-state index contributed by atoms with van der Waals surface area (Å²) in [6, 6.07) is 11.1. The van der Waals surface area contributed by atoms with Gasteiger partial charge in [0.2, 0.25) is 0 Å². The van der Waals surface area contributed by atoms with E-state index < -0.39 is 23.9 Å². The number of benzene rings is 1. The van der Waals surface area contributed by atoms with Crippen LogP contribution in [0.25, 0.3) is 11.0 Å². The molecule has 1 aliphatic rings. The molecule has 3 heterocycles. The highest BCUT2D eigenvalue weighted by molar-refractivity contribution is 5.88. The molecule has 2 atom stereocenters. The highest BCUT2D eigenvalue weighted by Crippen LogP contribution is 2.33. The van der Waals surface area contributed by atoms with Crippen LogP contribution in [0.15, 0.2) is 47.3 Å². The third-order valence-corrected chi connectivity index (χ3v) is 5.49. The normalized spacial score (nSPS) is 19.1. The SMILES string of the molecule is Cn1c(=O)cc(N2CCC(Oc3cccc(C(F)(F)F)c3)C(O)C2)c2nc(C#N)ccc21. The monoisotopic (exact) mass is 444 g/mol. The van der Waals surface area contributed by atoms with Crippen LogP contribution in [0.1, 0.15) is 17.7 Å². The molecule has 0 bridgehead atoms. The van der Waals surface area contributed by atoms with Crippen molar-refractivity contribution in [3.63, 3.8) is 0 Å². The largest absolute Gasteiger partial charge is 0.488 e. The third kappa shape index (κ3) is 4.11. The van der Waals surface area contributed by atoms with Crippen molar-refractivity contribution in [1.82, 2.24) is 9.55 Å². The number of β-amino-alcohol motifs (C(OH)–C–C–N with tert-alkyl or cyclic N) is 1. The molecule has 166 valence electrons. The van der Waals surface area contributed by atoms with Gasteiger partial charge in [-0.2, -0.15) is 18.4 Å². The Kier molecular flexibility index (Phi) is 5.52. The van der Waals surface area contributed by atoms with Crippen LogP contribution in [0.4, 0.5) is 18.9 Å². The van der Waals surface area contributed by atoms with Gasteiger partial charge in [0.1, 0.15) is 35.2 Å². The molecule has 4 rings (SSSR count). The first kappa shape index (κ1) is 21.6. The Morgan fingerprint density at radius 2 is 2.03 bits per heavy atom. The molecule has 2 unspecified atom stereocenters. The second-order valence-corrected chi connectivity index (χ2v) is 7.59. The van der Waals surface area contributed by atoms with Gasteiger partial charge in [0.15, 0.2) is 0 Å². The first-order chi connectivity index (χ1) is 15.2. The van der Waals surface area contributed by atoms with Crippen LogP contribution in [0, 0.1) is 11.3 Å². The summed E-state index contributed by atoms with van der Waals surface area (Å²) in [5.74, 6) is 0.0247. The van der Waals surface area contributed by atoms with Crippen LogP contribution < -0.4 is 15.2 Å². The summed E-state index contributed by atoms with van der Waals surface area (Å²) in [4.78, 5) is 18.5. The van der Waals surface area contributed by atoms with Gasteiger partial charge in [-0.3, -0.25) is 4.79 Å². The summed E-state index contributed by atoms with van der Waals surface area (Å²) in [6.45, 7) is 0.464. The lowest BCUT2D eigenvalue weighted by Crippen LogP contribution is -2.49. The number of aromatic nitrogens is 2. The smallest absolute Gasteiger partial charge is 0.416 e. The van der Waals surface area contributed by atoms with Gasteiger partial charge in [-0.05, 0) is 30.3 Å². The zero-order chi connectivity index (χ0) is 23.0. The van der Waals surface area contributed by atoms with Gasteiger partial charge < -0.3 is 19.3 Å².